The highest BCUT2D eigenvalue weighted by Crippen LogP contribution is 2.18. The molecule has 0 radical (unpaired) electrons. The molecule has 6 nitrogen and oxygen atoms in total. The summed E-state index contributed by atoms with van der Waals surface area (Å²) in [4.78, 5) is 28.8. The van der Waals surface area contributed by atoms with E-state index in [0.717, 1.165) is 10.1 Å². The van der Waals surface area contributed by atoms with Gasteiger partial charge < -0.3 is 4.57 Å². The molecule has 0 aliphatic carbocycles. The number of hydrogen-bond acceptors (Lipinski definition) is 3. The Balaban J connectivity index is 2.33. The smallest absolute Gasteiger partial charge is 0.304 e. The number of imidazole rings is 1. The molecule has 0 unspecified atom stereocenters. The highest BCUT2D eigenvalue weighted by molar-refractivity contribution is 6.29. The van der Waals surface area contributed by atoms with Gasteiger partial charge in [0, 0.05) is 13.6 Å². The van der Waals surface area contributed by atoms with Gasteiger partial charge in [0.15, 0.2) is 11.2 Å². The molecule has 0 aliphatic heterocycles. The first-order chi connectivity index (χ1) is 10.5. The SMILES string of the molecule is CCn1c(=O)n(C)c(=O)c2c1nc(Cl)n2Cc1ccccc1. The van der Waals surface area contributed by atoms with Gasteiger partial charge in [0.05, 0.1) is 6.54 Å². The number of aromatic nitrogens is 4. The first-order valence-corrected chi connectivity index (χ1v) is 7.32. The van der Waals surface area contributed by atoms with Crippen LogP contribution in [-0.4, -0.2) is 18.7 Å². The van der Waals surface area contributed by atoms with Gasteiger partial charge in [-0.3, -0.25) is 13.9 Å². The zero-order chi connectivity index (χ0) is 15.9. The average Bonchev–Trinajstić information content (AvgIpc) is 2.83. The van der Waals surface area contributed by atoms with Gasteiger partial charge in [0.1, 0.15) is 0 Å². The number of nitrogens with zero attached hydrogens (tertiary/aromatic N) is 4. The molecule has 0 atom stereocenters. The maximum atomic E-state index is 12.5. The topological polar surface area (TPSA) is 61.8 Å². The van der Waals surface area contributed by atoms with E-state index in [9.17, 15) is 9.59 Å². The molecule has 0 saturated heterocycles. The highest BCUT2D eigenvalue weighted by atomic mass is 35.5. The first kappa shape index (κ1) is 14.6. The summed E-state index contributed by atoms with van der Waals surface area (Å²) in [5.41, 5.74) is 0.899. The van der Waals surface area contributed by atoms with Gasteiger partial charge in [0.25, 0.3) is 5.56 Å². The predicted octanol–water partition coefficient (Wildman–Crippen LogP) is 1.62. The number of aryl methyl sites for hydroxylation is 1. The van der Waals surface area contributed by atoms with Crippen LogP contribution in [0.2, 0.25) is 5.28 Å². The Hall–Kier alpha value is -2.34. The molecule has 0 bridgehead atoms. The largest absolute Gasteiger partial charge is 0.332 e. The van der Waals surface area contributed by atoms with Crippen LogP contribution in [0, 0.1) is 0 Å². The van der Waals surface area contributed by atoms with Crippen molar-refractivity contribution in [2.75, 3.05) is 0 Å². The minimum Gasteiger partial charge on any atom is -0.304 e. The molecule has 22 heavy (non-hydrogen) atoms. The van der Waals surface area contributed by atoms with Crippen LogP contribution in [0.3, 0.4) is 0 Å². The van der Waals surface area contributed by atoms with Crippen LogP contribution in [0.1, 0.15) is 12.5 Å². The summed E-state index contributed by atoms with van der Waals surface area (Å²) in [7, 11) is 1.46. The van der Waals surface area contributed by atoms with E-state index in [0.29, 0.717) is 24.3 Å². The Bertz CT molecular complexity index is 954. The van der Waals surface area contributed by atoms with E-state index >= 15 is 0 Å². The molecule has 0 N–H and O–H groups in total. The second-order valence-corrected chi connectivity index (χ2v) is 5.35. The Morgan fingerprint density at radius 2 is 1.82 bits per heavy atom. The monoisotopic (exact) mass is 318 g/mol. The third-order valence-electron chi connectivity index (χ3n) is 3.68. The average molecular weight is 319 g/mol. The molecular formula is C15H15ClN4O2. The van der Waals surface area contributed by atoms with Crippen LogP contribution in [0.25, 0.3) is 11.2 Å². The van der Waals surface area contributed by atoms with Crippen LogP contribution >= 0.6 is 11.6 Å². The lowest BCUT2D eigenvalue weighted by atomic mass is 10.2. The zero-order valence-electron chi connectivity index (χ0n) is 12.3. The molecule has 0 saturated carbocycles. The molecule has 0 aliphatic rings. The van der Waals surface area contributed by atoms with E-state index < -0.39 is 0 Å². The van der Waals surface area contributed by atoms with Crippen molar-refractivity contribution in [1.82, 2.24) is 18.7 Å². The maximum absolute atomic E-state index is 12.5. The third kappa shape index (κ3) is 2.16. The third-order valence-corrected chi connectivity index (χ3v) is 3.97. The molecule has 7 heteroatoms. The summed E-state index contributed by atoms with van der Waals surface area (Å²) in [5.74, 6) is 0. The highest BCUT2D eigenvalue weighted by Gasteiger charge is 2.18. The summed E-state index contributed by atoms with van der Waals surface area (Å²) in [6.07, 6.45) is 0. The van der Waals surface area contributed by atoms with E-state index in [-0.39, 0.29) is 16.5 Å². The maximum Gasteiger partial charge on any atom is 0.332 e. The van der Waals surface area contributed by atoms with E-state index in [2.05, 4.69) is 4.98 Å². The van der Waals surface area contributed by atoms with Crippen LogP contribution in [-0.2, 0) is 20.1 Å². The standard InChI is InChI=1S/C15H15ClN4O2/c1-3-19-12-11(13(21)18(2)15(19)22)20(14(16)17-12)9-10-7-5-4-6-8-10/h4-8H,3,9H2,1-2H3. The van der Waals surface area contributed by atoms with E-state index in [1.54, 1.807) is 4.57 Å². The number of rotatable bonds is 3. The Morgan fingerprint density at radius 3 is 2.45 bits per heavy atom. The van der Waals surface area contributed by atoms with Gasteiger partial charge in [-0.15, -0.1) is 0 Å². The minimum absolute atomic E-state index is 0.198. The number of hydrogen-bond donors (Lipinski definition) is 0. The fraction of sp³-hybridized carbons (Fsp3) is 0.267. The molecule has 0 amide bonds. The van der Waals surface area contributed by atoms with Crippen molar-refractivity contribution in [2.24, 2.45) is 7.05 Å². The van der Waals surface area contributed by atoms with Crippen LogP contribution < -0.4 is 11.2 Å². The Kier molecular flexibility index (Phi) is 3.62. The second kappa shape index (κ2) is 5.46. The summed E-state index contributed by atoms with van der Waals surface area (Å²) >= 11 is 6.21. The summed E-state index contributed by atoms with van der Waals surface area (Å²) in [6.45, 7) is 2.67. The molecular weight excluding hydrogens is 304 g/mol. The molecule has 3 rings (SSSR count). The molecule has 2 heterocycles. The second-order valence-electron chi connectivity index (χ2n) is 5.02. The Labute approximate surface area is 131 Å². The number of fused-ring (bicyclic) bond motifs is 1. The summed E-state index contributed by atoms with van der Waals surface area (Å²) in [6, 6.07) is 9.65. The van der Waals surface area contributed by atoms with Crippen molar-refractivity contribution in [3.8, 4) is 0 Å². The van der Waals surface area contributed by atoms with Crippen molar-refractivity contribution in [3.63, 3.8) is 0 Å². The van der Waals surface area contributed by atoms with Gasteiger partial charge in [-0.25, -0.2) is 4.79 Å². The van der Waals surface area contributed by atoms with Gasteiger partial charge >= 0.3 is 5.69 Å². The van der Waals surface area contributed by atoms with Crippen molar-refractivity contribution >= 4 is 22.8 Å². The normalized spacial score (nSPS) is 11.2. The predicted molar refractivity (Wildman–Crippen MR) is 85.5 cm³/mol. The molecule has 0 spiro atoms. The molecule has 1 aromatic carbocycles. The summed E-state index contributed by atoms with van der Waals surface area (Å²) in [5, 5.41) is 0.198. The van der Waals surface area contributed by atoms with Crippen LogP contribution in [0.5, 0.6) is 0 Å². The fourth-order valence-electron chi connectivity index (χ4n) is 2.53. The van der Waals surface area contributed by atoms with E-state index in [1.807, 2.05) is 37.3 Å². The molecule has 3 aromatic rings. The zero-order valence-corrected chi connectivity index (χ0v) is 13.0. The number of halogens is 1. The van der Waals surface area contributed by atoms with Gasteiger partial charge in [-0.05, 0) is 24.1 Å². The van der Waals surface area contributed by atoms with Crippen LogP contribution in [0.15, 0.2) is 39.9 Å². The lowest BCUT2D eigenvalue weighted by molar-refractivity contribution is 0.649. The van der Waals surface area contributed by atoms with Crippen molar-refractivity contribution in [3.05, 3.63) is 62.0 Å². The molecule has 2 aromatic heterocycles. The fourth-order valence-corrected chi connectivity index (χ4v) is 2.75. The molecule has 114 valence electrons. The van der Waals surface area contributed by atoms with Gasteiger partial charge in [-0.2, -0.15) is 4.98 Å². The quantitative estimate of drug-likeness (QED) is 0.689. The van der Waals surface area contributed by atoms with Crippen LogP contribution in [0.4, 0.5) is 0 Å². The van der Waals surface area contributed by atoms with Crippen molar-refractivity contribution in [2.45, 2.75) is 20.0 Å². The lowest BCUT2D eigenvalue weighted by Crippen LogP contribution is -2.38. The molecule has 0 fully saturated rings. The van der Waals surface area contributed by atoms with E-state index in [1.165, 1.54) is 11.6 Å². The Morgan fingerprint density at radius 1 is 1.14 bits per heavy atom. The first-order valence-electron chi connectivity index (χ1n) is 6.94. The van der Waals surface area contributed by atoms with E-state index in [4.69, 9.17) is 11.6 Å². The lowest BCUT2D eigenvalue weighted by Gasteiger charge is -2.08. The minimum atomic E-state index is -0.389. The van der Waals surface area contributed by atoms with Crippen molar-refractivity contribution in [1.29, 1.82) is 0 Å². The van der Waals surface area contributed by atoms with Gasteiger partial charge in [-0.1, -0.05) is 30.3 Å². The summed E-state index contributed by atoms with van der Waals surface area (Å²) < 4.78 is 4.18. The van der Waals surface area contributed by atoms with Crippen molar-refractivity contribution < 1.29 is 0 Å². The number of benzene rings is 1. The van der Waals surface area contributed by atoms with Gasteiger partial charge in [0.2, 0.25) is 5.28 Å².